The summed E-state index contributed by atoms with van der Waals surface area (Å²) in [5.41, 5.74) is 11.1. The van der Waals surface area contributed by atoms with Crippen LogP contribution in [0.4, 0.5) is 0 Å². The zero-order valence-corrected chi connectivity index (χ0v) is 12.5. The third kappa shape index (κ3) is 2.92. The fourth-order valence-electron chi connectivity index (χ4n) is 2.81. The molecular weight excluding hydrogens is 258 g/mol. The smallest absolute Gasteiger partial charge is 0.189 e. The van der Waals surface area contributed by atoms with Crippen LogP contribution in [0.2, 0.25) is 0 Å². The van der Waals surface area contributed by atoms with Crippen LogP contribution in [0.3, 0.4) is 0 Å². The van der Waals surface area contributed by atoms with Crippen molar-refractivity contribution < 1.29 is 0 Å². The van der Waals surface area contributed by atoms with Crippen molar-refractivity contribution in [2.75, 3.05) is 0 Å². The summed E-state index contributed by atoms with van der Waals surface area (Å²) in [6.45, 7) is 4.27. The topological polar surface area (TPSA) is 50.4 Å². The lowest BCUT2D eigenvalue weighted by Gasteiger charge is -2.29. The molecule has 3 heteroatoms. The van der Waals surface area contributed by atoms with Crippen molar-refractivity contribution in [2.24, 2.45) is 10.7 Å². The monoisotopic (exact) mass is 279 g/mol. The van der Waals surface area contributed by atoms with Gasteiger partial charge in [-0.1, -0.05) is 48.5 Å². The molecule has 0 spiro atoms. The van der Waals surface area contributed by atoms with E-state index in [0.717, 1.165) is 6.42 Å². The normalized spacial score (nSPS) is 21.5. The van der Waals surface area contributed by atoms with E-state index in [-0.39, 0.29) is 12.1 Å². The lowest BCUT2D eigenvalue weighted by atomic mass is 9.92. The number of aryl methyl sites for hydroxylation is 2. The van der Waals surface area contributed by atoms with E-state index in [1.165, 1.54) is 22.3 Å². The van der Waals surface area contributed by atoms with Gasteiger partial charge in [0, 0.05) is 0 Å². The fourth-order valence-corrected chi connectivity index (χ4v) is 2.81. The number of hydrogen-bond acceptors (Lipinski definition) is 3. The van der Waals surface area contributed by atoms with E-state index in [0.29, 0.717) is 5.96 Å². The molecule has 1 aliphatic heterocycles. The van der Waals surface area contributed by atoms with Gasteiger partial charge in [0.1, 0.15) is 0 Å². The first-order valence-corrected chi connectivity index (χ1v) is 7.35. The molecular formula is C18H21N3. The van der Waals surface area contributed by atoms with E-state index < -0.39 is 0 Å². The van der Waals surface area contributed by atoms with Gasteiger partial charge in [-0.25, -0.2) is 4.99 Å². The third-order valence-electron chi connectivity index (χ3n) is 4.19. The minimum Gasteiger partial charge on any atom is -0.370 e. The molecule has 3 N–H and O–H groups in total. The summed E-state index contributed by atoms with van der Waals surface area (Å²) in [7, 11) is 0. The maximum Gasteiger partial charge on any atom is 0.189 e. The molecule has 0 saturated heterocycles. The molecule has 0 saturated carbocycles. The number of benzene rings is 2. The Morgan fingerprint density at radius 1 is 1.00 bits per heavy atom. The van der Waals surface area contributed by atoms with Crippen molar-refractivity contribution in [3.63, 3.8) is 0 Å². The van der Waals surface area contributed by atoms with E-state index in [4.69, 9.17) is 5.73 Å². The van der Waals surface area contributed by atoms with E-state index in [2.05, 4.69) is 66.6 Å². The van der Waals surface area contributed by atoms with Gasteiger partial charge in [0.05, 0.1) is 12.1 Å². The van der Waals surface area contributed by atoms with Crippen molar-refractivity contribution in [1.82, 2.24) is 5.32 Å². The Labute approximate surface area is 125 Å². The van der Waals surface area contributed by atoms with Gasteiger partial charge in [-0.2, -0.15) is 0 Å². The Kier molecular flexibility index (Phi) is 3.65. The lowest BCUT2D eigenvalue weighted by molar-refractivity contribution is 0.487. The molecule has 3 nitrogen and oxygen atoms in total. The van der Waals surface area contributed by atoms with E-state index >= 15 is 0 Å². The van der Waals surface area contributed by atoms with Crippen molar-refractivity contribution >= 4 is 5.96 Å². The molecule has 0 amide bonds. The molecule has 1 heterocycles. The second kappa shape index (κ2) is 5.60. The Hall–Kier alpha value is -2.29. The largest absolute Gasteiger partial charge is 0.370 e. The molecule has 1 aliphatic rings. The van der Waals surface area contributed by atoms with E-state index in [1.807, 2.05) is 6.07 Å². The third-order valence-corrected chi connectivity index (χ3v) is 4.19. The minimum atomic E-state index is 0.121. The summed E-state index contributed by atoms with van der Waals surface area (Å²) < 4.78 is 0. The van der Waals surface area contributed by atoms with Gasteiger partial charge in [-0.3, -0.25) is 0 Å². The van der Waals surface area contributed by atoms with Crippen LogP contribution in [0.1, 0.15) is 40.8 Å². The molecule has 0 aromatic heterocycles. The predicted octanol–water partition coefficient (Wildman–Crippen LogP) is 3.39. The number of guanidine groups is 1. The first-order valence-electron chi connectivity index (χ1n) is 7.35. The van der Waals surface area contributed by atoms with E-state index in [1.54, 1.807) is 0 Å². The van der Waals surface area contributed by atoms with Crippen molar-refractivity contribution in [3.8, 4) is 0 Å². The zero-order valence-electron chi connectivity index (χ0n) is 12.5. The second-order valence-electron chi connectivity index (χ2n) is 5.72. The highest BCUT2D eigenvalue weighted by Gasteiger charge is 2.24. The van der Waals surface area contributed by atoms with Gasteiger partial charge < -0.3 is 11.1 Å². The van der Waals surface area contributed by atoms with Crippen LogP contribution in [0.5, 0.6) is 0 Å². The number of nitrogens with two attached hydrogens (primary N) is 1. The van der Waals surface area contributed by atoms with Gasteiger partial charge in [0.15, 0.2) is 5.96 Å². The minimum absolute atomic E-state index is 0.121. The Morgan fingerprint density at radius 3 is 2.48 bits per heavy atom. The molecule has 21 heavy (non-hydrogen) atoms. The zero-order chi connectivity index (χ0) is 14.8. The Balaban J connectivity index is 1.89. The van der Waals surface area contributed by atoms with Crippen LogP contribution >= 0.6 is 0 Å². The molecule has 3 rings (SSSR count). The molecule has 0 fully saturated rings. The molecule has 2 unspecified atom stereocenters. The summed E-state index contributed by atoms with van der Waals surface area (Å²) in [4.78, 5) is 4.58. The number of nitrogens with zero attached hydrogens (tertiary/aromatic N) is 1. The molecule has 2 aromatic rings. The van der Waals surface area contributed by atoms with Crippen molar-refractivity contribution in [2.45, 2.75) is 32.4 Å². The summed E-state index contributed by atoms with van der Waals surface area (Å²) in [5, 5.41) is 3.29. The van der Waals surface area contributed by atoms with E-state index in [9.17, 15) is 0 Å². The molecule has 2 aromatic carbocycles. The first-order chi connectivity index (χ1) is 10.1. The highest BCUT2D eigenvalue weighted by molar-refractivity contribution is 5.79. The quantitative estimate of drug-likeness (QED) is 0.885. The second-order valence-corrected chi connectivity index (χ2v) is 5.72. The number of rotatable bonds is 2. The van der Waals surface area contributed by atoms with Crippen molar-refractivity contribution in [1.29, 1.82) is 0 Å². The van der Waals surface area contributed by atoms with Crippen LogP contribution in [-0.2, 0) is 0 Å². The van der Waals surface area contributed by atoms with Gasteiger partial charge in [-0.05, 0) is 42.5 Å². The molecule has 0 radical (unpaired) electrons. The SMILES string of the molecule is Cc1ccc(C2CC(c3ccccc3)NC(N)=N2)cc1C. The Morgan fingerprint density at radius 2 is 1.76 bits per heavy atom. The molecule has 108 valence electrons. The lowest BCUT2D eigenvalue weighted by Crippen LogP contribution is -2.39. The molecule has 0 bridgehead atoms. The standard InChI is InChI=1S/C18H21N3/c1-12-8-9-15(10-13(12)2)17-11-16(20-18(19)21-17)14-6-4-3-5-7-14/h3-10,16-17H,11H2,1-2H3,(H3,19,20,21). The van der Waals surface area contributed by atoms with Crippen molar-refractivity contribution in [3.05, 3.63) is 70.8 Å². The summed E-state index contributed by atoms with van der Waals surface area (Å²) in [6, 6.07) is 17.3. The fraction of sp³-hybridized carbons (Fsp3) is 0.278. The van der Waals surface area contributed by atoms with Crippen LogP contribution in [-0.4, -0.2) is 5.96 Å². The van der Waals surface area contributed by atoms with Gasteiger partial charge in [-0.15, -0.1) is 0 Å². The van der Waals surface area contributed by atoms with Gasteiger partial charge >= 0.3 is 0 Å². The van der Waals surface area contributed by atoms with Crippen LogP contribution in [0, 0.1) is 13.8 Å². The summed E-state index contributed by atoms with van der Waals surface area (Å²) >= 11 is 0. The maximum absolute atomic E-state index is 6.00. The maximum atomic E-state index is 6.00. The average Bonchev–Trinajstić information content (AvgIpc) is 2.50. The highest BCUT2D eigenvalue weighted by Crippen LogP contribution is 2.32. The van der Waals surface area contributed by atoms with Crippen LogP contribution < -0.4 is 11.1 Å². The number of nitrogens with one attached hydrogen (secondary N) is 1. The number of hydrogen-bond donors (Lipinski definition) is 2. The van der Waals surface area contributed by atoms with Gasteiger partial charge in [0.25, 0.3) is 0 Å². The molecule has 0 aliphatic carbocycles. The summed E-state index contributed by atoms with van der Waals surface area (Å²) in [5.74, 6) is 0.526. The number of aliphatic imine (C=N–C) groups is 1. The average molecular weight is 279 g/mol. The highest BCUT2D eigenvalue weighted by atomic mass is 15.1. The van der Waals surface area contributed by atoms with Crippen LogP contribution in [0.15, 0.2) is 53.5 Å². The van der Waals surface area contributed by atoms with Crippen LogP contribution in [0.25, 0.3) is 0 Å². The van der Waals surface area contributed by atoms with Gasteiger partial charge in [0.2, 0.25) is 0 Å². The Bertz CT molecular complexity index is 661. The molecule has 2 atom stereocenters. The summed E-state index contributed by atoms with van der Waals surface area (Å²) in [6.07, 6.45) is 0.924. The predicted molar refractivity (Wildman–Crippen MR) is 87.2 cm³/mol. The first kappa shape index (κ1) is 13.7.